The number of rotatable bonds is 4. The molecule has 0 fully saturated rings. The van der Waals surface area contributed by atoms with Crippen molar-refractivity contribution in [1.82, 2.24) is 5.32 Å². The van der Waals surface area contributed by atoms with Crippen molar-refractivity contribution >= 4 is 5.91 Å². The highest BCUT2D eigenvalue weighted by atomic mass is 16.5. The van der Waals surface area contributed by atoms with Gasteiger partial charge in [0.2, 0.25) is 5.91 Å². The molecule has 0 unspecified atom stereocenters. The van der Waals surface area contributed by atoms with Gasteiger partial charge in [-0.3, -0.25) is 4.79 Å². The minimum Gasteiger partial charge on any atom is -0.492 e. The molecule has 0 aliphatic heterocycles. The van der Waals surface area contributed by atoms with E-state index in [1.807, 2.05) is 32.9 Å². The lowest BCUT2D eigenvalue weighted by Crippen LogP contribution is -2.37. The van der Waals surface area contributed by atoms with Gasteiger partial charge in [-0.05, 0) is 23.1 Å². The minimum atomic E-state index is -0.355. The van der Waals surface area contributed by atoms with Crippen molar-refractivity contribution < 1.29 is 9.53 Å². The summed E-state index contributed by atoms with van der Waals surface area (Å²) in [6.45, 7) is 13.2. The molecule has 0 heterocycles. The topological polar surface area (TPSA) is 38.3 Å². The molecule has 1 aromatic rings. The molecule has 20 heavy (non-hydrogen) atoms. The van der Waals surface area contributed by atoms with Gasteiger partial charge >= 0.3 is 0 Å². The summed E-state index contributed by atoms with van der Waals surface area (Å²) in [5, 5.41) is 2.87. The normalized spacial score (nSPS) is 12.1. The van der Waals surface area contributed by atoms with Crippen molar-refractivity contribution in [3.05, 3.63) is 29.8 Å². The molecule has 0 spiro atoms. The molecular weight excluding hydrogens is 250 g/mol. The fraction of sp³-hybridized carbons (Fsp3) is 0.588. The average Bonchev–Trinajstić information content (AvgIpc) is 2.32. The molecule has 0 bridgehead atoms. The van der Waals surface area contributed by atoms with Crippen LogP contribution in [0.4, 0.5) is 0 Å². The van der Waals surface area contributed by atoms with Crippen molar-refractivity contribution in [2.45, 2.75) is 47.0 Å². The first-order valence-corrected chi connectivity index (χ1v) is 7.12. The van der Waals surface area contributed by atoms with Crippen LogP contribution in [0.25, 0.3) is 0 Å². The highest BCUT2D eigenvalue weighted by Gasteiger charge is 2.20. The first-order valence-electron chi connectivity index (χ1n) is 7.12. The molecule has 1 amide bonds. The van der Waals surface area contributed by atoms with Gasteiger partial charge in [0.1, 0.15) is 12.4 Å². The lowest BCUT2D eigenvalue weighted by molar-refractivity contribution is -0.128. The number of hydrogen-bond donors (Lipinski definition) is 1. The summed E-state index contributed by atoms with van der Waals surface area (Å²) in [6.07, 6.45) is 0. The van der Waals surface area contributed by atoms with Crippen LogP contribution in [-0.2, 0) is 10.2 Å². The lowest BCUT2D eigenvalue weighted by atomic mass is 9.87. The number of hydrogen-bond acceptors (Lipinski definition) is 2. The van der Waals surface area contributed by atoms with Crippen LogP contribution in [-0.4, -0.2) is 19.1 Å². The lowest BCUT2D eigenvalue weighted by Gasteiger charge is -2.20. The van der Waals surface area contributed by atoms with E-state index in [-0.39, 0.29) is 16.7 Å². The summed E-state index contributed by atoms with van der Waals surface area (Å²) in [7, 11) is 0. The molecule has 0 atom stereocenters. The van der Waals surface area contributed by atoms with Crippen LogP contribution in [0, 0.1) is 5.41 Å². The minimum absolute atomic E-state index is 0.0459. The first kappa shape index (κ1) is 16.5. The molecule has 0 saturated heterocycles. The fourth-order valence-electron chi connectivity index (χ4n) is 1.65. The van der Waals surface area contributed by atoms with E-state index in [2.05, 4.69) is 38.2 Å². The zero-order valence-corrected chi connectivity index (χ0v) is 13.5. The number of ether oxygens (including phenoxy) is 1. The molecule has 112 valence electrons. The highest BCUT2D eigenvalue weighted by Crippen LogP contribution is 2.25. The number of carbonyl (C=O) groups is 1. The van der Waals surface area contributed by atoms with Crippen LogP contribution in [0.1, 0.15) is 47.1 Å². The van der Waals surface area contributed by atoms with Gasteiger partial charge in [0.15, 0.2) is 0 Å². The molecule has 0 saturated carbocycles. The summed E-state index contributed by atoms with van der Waals surface area (Å²) < 4.78 is 5.69. The molecule has 0 aliphatic carbocycles. The molecule has 1 aromatic carbocycles. The smallest absolute Gasteiger partial charge is 0.225 e. The van der Waals surface area contributed by atoms with Crippen LogP contribution in [0.5, 0.6) is 5.75 Å². The van der Waals surface area contributed by atoms with E-state index in [1.165, 1.54) is 5.56 Å². The van der Waals surface area contributed by atoms with Crippen LogP contribution < -0.4 is 10.1 Å². The van der Waals surface area contributed by atoms with Crippen molar-refractivity contribution in [3.63, 3.8) is 0 Å². The number of amides is 1. The summed E-state index contributed by atoms with van der Waals surface area (Å²) in [5.74, 6) is 0.895. The SMILES string of the molecule is CC(C)(C)C(=O)NCCOc1cccc(C(C)(C)C)c1. The Bertz CT molecular complexity index is 453. The molecule has 3 nitrogen and oxygen atoms in total. The van der Waals surface area contributed by atoms with Crippen molar-refractivity contribution in [1.29, 1.82) is 0 Å². The third kappa shape index (κ3) is 5.24. The third-order valence-electron chi connectivity index (χ3n) is 3.04. The molecule has 3 heteroatoms. The van der Waals surface area contributed by atoms with Gasteiger partial charge in [-0.15, -0.1) is 0 Å². The molecule has 1 rings (SSSR count). The zero-order valence-electron chi connectivity index (χ0n) is 13.5. The second-order valence-corrected chi connectivity index (χ2v) is 7.13. The predicted molar refractivity (Wildman–Crippen MR) is 83.1 cm³/mol. The predicted octanol–water partition coefficient (Wildman–Crippen LogP) is 3.53. The largest absolute Gasteiger partial charge is 0.492 e. The maximum Gasteiger partial charge on any atom is 0.225 e. The number of benzene rings is 1. The second-order valence-electron chi connectivity index (χ2n) is 7.13. The maximum atomic E-state index is 11.7. The highest BCUT2D eigenvalue weighted by molar-refractivity contribution is 5.81. The Hall–Kier alpha value is -1.51. The van der Waals surface area contributed by atoms with E-state index in [9.17, 15) is 4.79 Å². The van der Waals surface area contributed by atoms with E-state index in [1.54, 1.807) is 0 Å². The Morgan fingerprint density at radius 3 is 2.35 bits per heavy atom. The average molecular weight is 277 g/mol. The van der Waals surface area contributed by atoms with Crippen molar-refractivity contribution in [2.24, 2.45) is 5.41 Å². The van der Waals surface area contributed by atoms with Gasteiger partial charge < -0.3 is 10.1 Å². The Labute approximate surface area is 122 Å². The summed E-state index contributed by atoms with van der Waals surface area (Å²) in [4.78, 5) is 11.7. The summed E-state index contributed by atoms with van der Waals surface area (Å²) >= 11 is 0. The van der Waals surface area contributed by atoms with Crippen molar-refractivity contribution in [2.75, 3.05) is 13.2 Å². The Morgan fingerprint density at radius 1 is 1.15 bits per heavy atom. The Balaban J connectivity index is 2.46. The molecular formula is C17H27NO2. The quantitative estimate of drug-likeness (QED) is 0.855. The Morgan fingerprint density at radius 2 is 1.80 bits per heavy atom. The van der Waals surface area contributed by atoms with Gasteiger partial charge in [0, 0.05) is 5.41 Å². The zero-order chi connectivity index (χ0) is 15.4. The first-order chi connectivity index (χ1) is 9.10. The van der Waals surface area contributed by atoms with Crippen LogP contribution in [0.3, 0.4) is 0 Å². The molecule has 1 N–H and O–H groups in total. The van der Waals surface area contributed by atoms with Crippen LogP contribution >= 0.6 is 0 Å². The standard InChI is InChI=1S/C17H27NO2/c1-16(2,3)13-8-7-9-14(12-13)20-11-10-18-15(19)17(4,5)6/h7-9,12H,10-11H2,1-6H3,(H,18,19). The van der Waals surface area contributed by atoms with E-state index in [0.717, 1.165) is 5.75 Å². The van der Waals surface area contributed by atoms with Gasteiger partial charge in [-0.2, -0.15) is 0 Å². The van der Waals surface area contributed by atoms with Gasteiger partial charge in [-0.1, -0.05) is 53.7 Å². The van der Waals surface area contributed by atoms with Crippen LogP contribution in [0.15, 0.2) is 24.3 Å². The Kier molecular flexibility index (Phi) is 5.21. The van der Waals surface area contributed by atoms with Gasteiger partial charge in [-0.25, -0.2) is 0 Å². The van der Waals surface area contributed by atoms with Gasteiger partial charge in [0.25, 0.3) is 0 Å². The fourth-order valence-corrected chi connectivity index (χ4v) is 1.65. The monoisotopic (exact) mass is 277 g/mol. The third-order valence-corrected chi connectivity index (χ3v) is 3.04. The van der Waals surface area contributed by atoms with Gasteiger partial charge in [0.05, 0.1) is 6.54 Å². The number of nitrogens with one attached hydrogen (secondary N) is 1. The second kappa shape index (κ2) is 6.29. The van der Waals surface area contributed by atoms with E-state index >= 15 is 0 Å². The van der Waals surface area contributed by atoms with E-state index in [0.29, 0.717) is 13.2 Å². The number of carbonyl (C=O) groups excluding carboxylic acids is 1. The molecule has 0 radical (unpaired) electrons. The van der Waals surface area contributed by atoms with E-state index in [4.69, 9.17) is 4.74 Å². The maximum absolute atomic E-state index is 11.7. The van der Waals surface area contributed by atoms with E-state index < -0.39 is 0 Å². The molecule has 0 aromatic heterocycles. The van der Waals surface area contributed by atoms with Crippen molar-refractivity contribution in [3.8, 4) is 5.75 Å². The van der Waals surface area contributed by atoms with Crippen LogP contribution in [0.2, 0.25) is 0 Å². The summed E-state index contributed by atoms with van der Waals surface area (Å²) in [6, 6.07) is 8.12. The summed E-state index contributed by atoms with van der Waals surface area (Å²) in [5.41, 5.74) is 1.00. The molecule has 0 aliphatic rings.